The highest BCUT2D eigenvalue weighted by atomic mass is 79.9. The van der Waals surface area contributed by atoms with Gasteiger partial charge in [0.1, 0.15) is 11.9 Å². The Morgan fingerprint density at radius 3 is 3.07 bits per heavy atom. The quantitative estimate of drug-likeness (QED) is 0.804. The van der Waals surface area contributed by atoms with Gasteiger partial charge in [0.05, 0.1) is 6.61 Å². The van der Waals surface area contributed by atoms with Crippen molar-refractivity contribution in [1.29, 1.82) is 0 Å². The Balaban J connectivity index is 2.35. The first-order valence-electron chi connectivity index (χ1n) is 4.53. The Bertz CT molecular complexity index is 343. The van der Waals surface area contributed by atoms with Crippen molar-refractivity contribution in [1.82, 2.24) is 0 Å². The van der Waals surface area contributed by atoms with Gasteiger partial charge >= 0.3 is 0 Å². The van der Waals surface area contributed by atoms with Crippen LogP contribution in [0.4, 0.5) is 0 Å². The van der Waals surface area contributed by atoms with E-state index in [1.807, 2.05) is 18.2 Å². The minimum atomic E-state index is -0.174. The van der Waals surface area contributed by atoms with Gasteiger partial charge < -0.3 is 15.6 Å². The fourth-order valence-corrected chi connectivity index (χ4v) is 2.01. The van der Waals surface area contributed by atoms with Crippen molar-refractivity contribution < 1.29 is 9.84 Å². The average molecular weight is 258 g/mol. The number of halogens is 1. The molecule has 14 heavy (non-hydrogen) atoms. The van der Waals surface area contributed by atoms with Gasteiger partial charge in [-0.15, -0.1) is 0 Å². The second kappa shape index (κ2) is 3.88. The molecule has 2 atom stereocenters. The molecule has 3 N–H and O–H groups in total. The summed E-state index contributed by atoms with van der Waals surface area (Å²) in [6, 6.07) is 5.75. The van der Waals surface area contributed by atoms with Gasteiger partial charge in [0, 0.05) is 22.5 Å². The van der Waals surface area contributed by atoms with Crippen molar-refractivity contribution in [3.05, 3.63) is 28.2 Å². The Kier molecular flexibility index (Phi) is 2.76. The summed E-state index contributed by atoms with van der Waals surface area (Å²) in [6.07, 6.45) is 0.497. The standard InChI is InChI=1S/C10H12BrNO2/c11-6-1-2-8-9(12)4-7(5-13)14-10(8)3-6/h1-3,7,9,13H,4-5,12H2/t7?,9-/m1/s1. The largest absolute Gasteiger partial charge is 0.488 e. The van der Waals surface area contributed by atoms with Crippen LogP contribution in [0.15, 0.2) is 22.7 Å². The normalized spacial score (nSPS) is 25.4. The van der Waals surface area contributed by atoms with Crippen LogP contribution >= 0.6 is 15.9 Å². The molecule has 0 radical (unpaired) electrons. The number of aliphatic hydroxyl groups excluding tert-OH is 1. The summed E-state index contributed by atoms with van der Waals surface area (Å²) in [6.45, 7) is 0.0135. The zero-order valence-corrected chi connectivity index (χ0v) is 9.20. The summed E-state index contributed by atoms with van der Waals surface area (Å²) in [4.78, 5) is 0. The van der Waals surface area contributed by atoms with E-state index in [9.17, 15) is 0 Å². The summed E-state index contributed by atoms with van der Waals surface area (Å²) < 4.78 is 6.53. The van der Waals surface area contributed by atoms with Gasteiger partial charge in [-0.25, -0.2) is 0 Å². The molecule has 0 bridgehead atoms. The fraction of sp³-hybridized carbons (Fsp3) is 0.400. The molecule has 0 spiro atoms. The number of nitrogens with two attached hydrogens (primary N) is 1. The predicted molar refractivity (Wildman–Crippen MR) is 57.2 cm³/mol. The molecule has 2 rings (SSSR count). The molecule has 1 aromatic carbocycles. The Hall–Kier alpha value is -0.580. The zero-order chi connectivity index (χ0) is 10.1. The first-order valence-corrected chi connectivity index (χ1v) is 5.32. The monoisotopic (exact) mass is 257 g/mol. The van der Waals surface area contributed by atoms with Crippen molar-refractivity contribution in [3.8, 4) is 5.75 Å². The highest BCUT2D eigenvalue weighted by molar-refractivity contribution is 9.10. The molecular formula is C10H12BrNO2. The van der Waals surface area contributed by atoms with Crippen LogP contribution in [0.3, 0.4) is 0 Å². The molecular weight excluding hydrogens is 246 g/mol. The summed E-state index contributed by atoms with van der Waals surface area (Å²) in [5.41, 5.74) is 6.97. The van der Waals surface area contributed by atoms with Crippen LogP contribution in [-0.4, -0.2) is 17.8 Å². The third-order valence-electron chi connectivity index (χ3n) is 2.39. The van der Waals surface area contributed by atoms with E-state index in [0.29, 0.717) is 6.42 Å². The van der Waals surface area contributed by atoms with Crippen molar-refractivity contribution >= 4 is 15.9 Å². The summed E-state index contributed by atoms with van der Waals surface area (Å²) in [5, 5.41) is 9.01. The molecule has 0 amide bonds. The highest BCUT2D eigenvalue weighted by Gasteiger charge is 2.25. The molecule has 0 saturated heterocycles. The van der Waals surface area contributed by atoms with Crippen molar-refractivity contribution in [2.24, 2.45) is 5.73 Å². The number of rotatable bonds is 1. The molecule has 1 heterocycles. The number of benzene rings is 1. The first kappa shape index (κ1) is 9.96. The summed E-state index contributed by atoms with van der Waals surface area (Å²) >= 11 is 3.37. The molecule has 1 aromatic rings. The van der Waals surface area contributed by atoms with Gasteiger partial charge in [0.25, 0.3) is 0 Å². The van der Waals surface area contributed by atoms with Crippen LogP contribution in [0.25, 0.3) is 0 Å². The van der Waals surface area contributed by atoms with E-state index in [4.69, 9.17) is 15.6 Å². The smallest absolute Gasteiger partial charge is 0.125 e. The maximum atomic E-state index is 9.01. The minimum absolute atomic E-state index is 0.0135. The number of hydrogen-bond acceptors (Lipinski definition) is 3. The van der Waals surface area contributed by atoms with E-state index >= 15 is 0 Å². The van der Waals surface area contributed by atoms with Gasteiger partial charge in [-0.1, -0.05) is 22.0 Å². The summed E-state index contributed by atoms with van der Waals surface area (Å²) in [7, 11) is 0. The van der Waals surface area contributed by atoms with Crippen LogP contribution in [0.5, 0.6) is 5.75 Å². The second-order valence-corrected chi connectivity index (χ2v) is 4.36. The van der Waals surface area contributed by atoms with Crippen molar-refractivity contribution in [2.75, 3.05) is 6.61 Å². The van der Waals surface area contributed by atoms with Gasteiger partial charge in [-0.05, 0) is 12.1 Å². The molecule has 4 heteroatoms. The van der Waals surface area contributed by atoms with E-state index in [2.05, 4.69) is 15.9 Å². The number of aliphatic hydroxyl groups is 1. The number of fused-ring (bicyclic) bond motifs is 1. The average Bonchev–Trinajstić information content (AvgIpc) is 2.16. The van der Waals surface area contributed by atoms with Crippen LogP contribution in [0.2, 0.25) is 0 Å². The number of hydrogen-bond donors (Lipinski definition) is 2. The van der Waals surface area contributed by atoms with Gasteiger partial charge in [-0.3, -0.25) is 0 Å². The molecule has 1 unspecified atom stereocenters. The van der Waals surface area contributed by atoms with E-state index < -0.39 is 0 Å². The fourth-order valence-electron chi connectivity index (χ4n) is 1.67. The molecule has 0 fully saturated rings. The van der Waals surface area contributed by atoms with Crippen LogP contribution in [-0.2, 0) is 0 Å². The van der Waals surface area contributed by atoms with Crippen molar-refractivity contribution in [3.63, 3.8) is 0 Å². The zero-order valence-electron chi connectivity index (χ0n) is 7.61. The molecule has 1 aliphatic rings. The minimum Gasteiger partial charge on any atom is -0.488 e. The van der Waals surface area contributed by atoms with Crippen molar-refractivity contribution in [2.45, 2.75) is 18.6 Å². The second-order valence-electron chi connectivity index (χ2n) is 3.45. The maximum absolute atomic E-state index is 9.01. The maximum Gasteiger partial charge on any atom is 0.125 e. The summed E-state index contributed by atoms with van der Waals surface area (Å²) in [5.74, 6) is 0.775. The Labute approximate surface area is 91.0 Å². The van der Waals surface area contributed by atoms with E-state index in [1.54, 1.807) is 0 Å². The topological polar surface area (TPSA) is 55.5 Å². The van der Waals surface area contributed by atoms with E-state index in [1.165, 1.54) is 0 Å². The molecule has 1 aliphatic heterocycles. The SMILES string of the molecule is N[C@@H]1CC(CO)Oc2cc(Br)ccc21. The lowest BCUT2D eigenvalue weighted by Crippen LogP contribution is -2.31. The molecule has 0 aliphatic carbocycles. The van der Waals surface area contributed by atoms with E-state index in [0.717, 1.165) is 15.8 Å². The first-order chi connectivity index (χ1) is 6.70. The van der Waals surface area contributed by atoms with Crippen LogP contribution in [0, 0.1) is 0 Å². The Morgan fingerprint density at radius 2 is 2.36 bits per heavy atom. The predicted octanol–water partition coefficient (Wildman–Crippen LogP) is 1.59. The molecule has 3 nitrogen and oxygen atoms in total. The third-order valence-corrected chi connectivity index (χ3v) is 2.88. The lowest BCUT2D eigenvalue weighted by atomic mass is 9.98. The van der Waals surface area contributed by atoms with Gasteiger partial charge in [0.2, 0.25) is 0 Å². The van der Waals surface area contributed by atoms with Crippen LogP contribution < -0.4 is 10.5 Å². The van der Waals surface area contributed by atoms with E-state index in [-0.39, 0.29) is 18.8 Å². The van der Waals surface area contributed by atoms with Gasteiger partial charge in [-0.2, -0.15) is 0 Å². The molecule has 76 valence electrons. The van der Waals surface area contributed by atoms with Gasteiger partial charge in [0.15, 0.2) is 0 Å². The number of ether oxygens (including phenoxy) is 1. The molecule has 0 aromatic heterocycles. The Morgan fingerprint density at radius 1 is 1.57 bits per heavy atom. The molecule has 0 saturated carbocycles. The lowest BCUT2D eigenvalue weighted by molar-refractivity contribution is 0.0888. The third kappa shape index (κ3) is 1.78. The lowest BCUT2D eigenvalue weighted by Gasteiger charge is -2.29. The highest BCUT2D eigenvalue weighted by Crippen LogP contribution is 2.35. The van der Waals surface area contributed by atoms with Crippen LogP contribution in [0.1, 0.15) is 18.0 Å².